The standard InChI is InChI=1S/C22H27N3O4/c1-17-11-13-24(14-12-17)21(18-5-3-2-4-6-18)15-23-22(26)16-29-20-9-7-19(8-10-20)25(27)28/h2-10,17,21H,11-16H2,1H3,(H,23,26). The van der Waals surface area contributed by atoms with Crippen molar-refractivity contribution in [3.8, 4) is 5.75 Å². The van der Waals surface area contributed by atoms with Crippen molar-refractivity contribution in [1.29, 1.82) is 0 Å². The van der Waals surface area contributed by atoms with Gasteiger partial charge in [0.05, 0.1) is 11.0 Å². The molecule has 7 heteroatoms. The molecule has 1 aliphatic rings. The second-order valence-electron chi connectivity index (χ2n) is 7.49. The quantitative estimate of drug-likeness (QED) is 0.544. The van der Waals surface area contributed by atoms with Crippen molar-refractivity contribution in [3.05, 3.63) is 70.3 Å². The Kier molecular flexibility index (Phi) is 7.19. The Morgan fingerprint density at radius 2 is 1.83 bits per heavy atom. The van der Waals surface area contributed by atoms with Crippen molar-refractivity contribution in [2.45, 2.75) is 25.8 Å². The van der Waals surface area contributed by atoms with Gasteiger partial charge in [0.15, 0.2) is 6.61 Å². The molecule has 154 valence electrons. The van der Waals surface area contributed by atoms with Crippen LogP contribution in [0.3, 0.4) is 0 Å². The molecule has 7 nitrogen and oxygen atoms in total. The number of nitro benzene ring substituents is 1. The molecule has 2 aromatic carbocycles. The van der Waals surface area contributed by atoms with Crippen LogP contribution in [0.15, 0.2) is 54.6 Å². The first kappa shape index (κ1) is 20.8. The predicted molar refractivity (Wildman–Crippen MR) is 111 cm³/mol. The van der Waals surface area contributed by atoms with Crippen LogP contribution < -0.4 is 10.1 Å². The molecule has 29 heavy (non-hydrogen) atoms. The highest BCUT2D eigenvalue weighted by Crippen LogP contribution is 2.26. The molecule has 0 aromatic heterocycles. The largest absolute Gasteiger partial charge is 0.484 e. The van der Waals surface area contributed by atoms with Crippen molar-refractivity contribution >= 4 is 11.6 Å². The maximum Gasteiger partial charge on any atom is 0.269 e. The fourth-order valence-corrected chi connectivity index (χ4v) is 3.55. The summed E-state index contributed by atoms with van der Waals surface area (Å²) in [5.74, 6) is 0.956. The summed E-state index contributed by atoms with van der Waals surface area (Å²) >= 11 is 0. The molecule has 0 spiro atoms. The highest BCUT2D eigenvalue weighted by molar-refractivity contribution is 5.77. The molecule has 2 aromatic rings. The Morgan fingerprint density at radius 3 is 2.45 bits per heavy atom. The lowest BCUT2D eigenvalue weighted by atomic mass is 9.95. The van der Waals surface area contributed by atoms with Gasteiger partial charge in [0.1, 0.15) is 5.75 Å². The number of nitrogens with zero attached hydrogens (tertiary/aromatic N) is 2. The van der Waals surface area contributed by atoms with Gasteiger partial charge in [-0.1, -0.05) is 37.3 Å². The zero-order valence-electron chi connectivity index (χ0n) is 16.6. The number of nitrogens with one attached hydrogen (secondary N) is 1. The SMILES string of the molecule is CC1CCN(C(CNC(=O)COc2ccc([N+](=O)[O-])cc2)c2ccccc2)CC1. The predicted octanol–water partition coefficient (Wildman–Crippen LogP) is 3.56. The average molecular weight is 397 g/mol. The number of rotatable bonds is 8. The smallest absolute Gasteiger partial charge is 0.269 e. The molecular formula is C22H27N3O4. The molecule has 1 N–H and O–H groups in total. The van der Waals surface area contributed by atoms with Crippen LogP contribution in [0.5, 0.6) is 5.75 Å². The first-order valence-electron chi connectivity index (χ1n) is 9.96. The van der Waals surface area contributed by atoms with E-state index in [4.69, 9.17) is 4.74 Å². The van der Waals surface area contributed by atoms with Crippen LogP contribution in [-0.4, -0.2) is 42.0 Å². The molecule has 0 radical (unpaired) electrons. The second-order valence-corrected chi connectivity index (χ2v) is 7.49. The van der Waals surface area contributed by atoms with E-state index in [2.05, 4.69) is 29.3 Å². The Hall–Kier alpha value is -2.93. The molecule has 1 unspecified atom stereocenters. The Bertz CT molecular complexity index is 803. The van der Waals surface area contributed by atoms with Crippen LogP contribution in [-0.2, 0) is 4.79 Å². The monoisotopic (exact) mass is 397 g/mol. The summed E-state index contributed by atoms with van der Waals surface area (Å²) in [6, 6.07) is 16.1. The molecule has 0 bridgehead atoms. The number of benzene rings is 2. The number of likely N-dealkylation sites (tertiary alicyclic amines) is 1. The van der Waals surface area contributed by atoms with Gasteiger partial charge in [0.25, 0.3) is 11.6 Å². The number of amides is 1. The van der Waals surface area contributed by atoms with Crippen LogP contribution in [0, 0.1) is 16.0 Å². The molecule has 1 heterocycles. The lowest BCUT2D eigenvalue weighted by molar-refractivity contribution is -0.384. The number of carbonyl (C=O) groups is 1. The molecule has 3 rings (SSSR count). The molecule has 1 saturated heterocycles. The van der Waals surface area contributed by atoms with Crippen molar-refractivity contribution in [3.63, 3.8) is 0 Å². The van der Waals surface area contributed by atoms with Gasteiger partial charge in [-0.05, 0) is 49.5 Å². The van der Waals surface area contributed by atoms with Crippen LogP contribution in [0.2, 0.25) is 0 Å². The Morgan fingerprint density at radius 1 is 1.17 bits per heavy atom. The number of carbonyl (C=O) groups excluding carboxylic acids is 1. The summed E-state index contributed by atoms with van der Waals surface area (Å²) in [5, 5.41) is 13.7. The van der Waals surface area contributed by atoms with Gasteiger partial charge in [-0.25, -0.2) is 0 Å². The van der Waals surface area contributed by atoms with E-state index >= 15 is 0 Å². The second kappa shape index (κ2) is 10.0. The highest BCUT2D eigenvalue weighted by Gasteiger charge is 2.25. The van der Waals surface area contributed by atoms with E-state index < -0.39 is 4.92 Å². The van der Waals surface area contributed by atoms with Crippen LogP contribution in [0.25, 0.3) is 0 Å². The van der Waals surface area contributed by atoms with Gasteiger partial charge < -0.3 is 10.1 Å². The summed E-state index contributed by atoms with van der Waals surface area (Å²) in [4.78, 5) is 25.0. The van der Waals surface area contributed by atoms with Gasteiger partial charge in [0.2, 0.25) is 0 Å². The number of hydrogen-bond acceptors (Lipinski definition) is 5. The lowest BCUT2D eigenvalue weighted by Crippen LogP contribution is -2.42. The van der Waals surface area contributed by atoms with Gasteiger partial charge in [-0.15, -0.1) is 0 Å². The van der Waals surface area contributed by atoms with E-state index in [9.17, 15) is 14.9 Å². The summed E-state index contributed by atoms with van der Waals surface area (Å²) in [7, 11) is 0. The zero-order chi connectivity index (χ0) is 20.6. The lowest BCUT2D eigenvalue weighted by Gasteiger charge is -2.37. The summed E-state index contributed by atoms with van der Waals surface area (Å²) in [6.45, 7) is 4.72. The number of hydrogen-bond donors (Lipinski definition) is 1. The maximum atomic E-state index is 12.3. The molecule has 1 amide bonds. The van der Waals surface area contributed by atoms with Crippen molar-refractivity contribution in [2.24, 2.45) is 5.92 Å². The van der Waals surface area contributed by atoms with E-state index in [0.717, 1.165) is 19.0 Å². The average Bonchev–Trinajstić information content (AvgIpc) is 2.74. The summed E-state index contributed by atoms with van der Waals surface area (Å²) < 4.78 is 5.45. The topological polar surface area (TPSA) is 84.7 Å². The maximum absolute atomic E-state index is 12.3. The third-order valence-corrected chi connectivity index (χ3v) is 5.35. The number of non-ortho nitro benzene ring substituents is 1. The Balaban J connectivity index is 1.54. The van der Waals surface area contributed by atoms with Crippen LogP contribution >= 0.6 is 0 Å². The molecular weight excluding hydrogens is 370 g/mol. The highest BCUT2D eigenvalue weighted by atomic mass is 16.6. The van der Waals surface area contributed by atoms with Gasteiger partial charge in [-0.3, -0.25) is 19.8 Å². The molecule has 1 fully saturated rings. The number of piperidine rings is 1. The minimum atomic E-state index is -0.471. The molecule has 1 aliphatic heterocycles. The third-order valence-electron chi connectivity index (χ3n) is 5.35. The minimum absolute atomic E-state index is 0.0108. The van der Waals surface area contributed by atoms with Crippen molar-refractivity contribution < 1.29 is 14.5 Å². The third kappa shape index (κ3) is 6.02. The van der Waals surface area contributed by atoms with Crippen LogP contribution in [0.4, 0.5) is 5.69 Å². The summed E-state index contributed by atoms with van der Waals surface area (Å²) in [6.07, 6.45) is 2.33. The zero-order valence-corrected chi connectivity index (χ0v) is 16.6. The van der Waals surface area contributed by atoms with Crippen LogP contribution in [0.1, 0.15) is 31.4 Å². The molecule has 0 aliphatic carbocycles. The molecule has 1 atom stereocenters. The van der Waals surface area contributed by atoms with E-state index in [-0.39, 0.29) is 24.2 Å². The molecule has 0 saturated carbocycles. The van der Waals surface area contributed by atoms with E-state index in [1.807, 2.05) is 18.2 Å². The van der Waals surface area contributed by atoms with E-state index in [1.165, 1.54) is 42.7 Å². The van der Waals surface area contributed by atoms with Gasteiger partial charge in [0, 0.05) is 18.7 Å². The van der Waals surface area contributed by atoms with Crippen molar-refractivity contribution in [1.82, 2.24) is 10.2 Å². The van der Waals surface area contributed by atoms with Gasteiger partial charge >= 0.3 is 0 Å². The summed E-state index contributed by atoms with van der Waals surface area (Å²) in [5.41, 5.74) is 1.18. The van der Waals surface area contributed by atoms with Gasteiger partial charge in [-0.2, -0.15) is 0 Å². The van der Waals surface area contributed by atoms with E-state index in [1.54, 1.807) is 0 Å². The first-order valence-corrected chi connectivity index (χ1v) is 9.96. The van der Waals surface area contributed by atoms with Crippen molar-refractivity contribution in [2.75, 3.05) is 26.2 Å². The Labute approximate surface area is 170 Å². The fraction of sp³-hybridized carbons (Fsp3) is 0.409. The minimum Gasteiger partial charge on any atom is -0.484 e. The number of ether oxygens (including phenoxy) is 1. The normalized spacial score (nSPS) is 16.2. The fourth-order valence-electron chi connectivity index (χ4n) is 3.55. The first-order chi connectivity index (χ1) is 14.0. The van der Waals surface area contributed by atoms with E-state index in [0.29, 0.717) is 12.3 Å². The number of nitro groups is 1.